The minimum atomic E-state index is -0.421. The van der Waals surface area contributed by atoms with Crippen molar-refractivity contribution < 1.29 is 19.1 Å². The first-order valence-electron chi connectivity index (χ1n) is 5.22. The molecule has 1 N–H and O–H groups in total. The molecule has 5 nitrogen and oxygen atoms in total. The average molecular weight is 257 g/mol. The molecular formula is C11H15NO4S. The van der Waals surface area contributed by atoms with Crippen molar-refractivity contribution in [2.75, 3.05) is 25.6 Å². The largest absolute Gasteiger partial charge is 0.462 e. The molecule has 17 heavy (non-hydrogen) atoms. The molecule has 0 atom stereocenters. The minimum absolute atomic E-state index is 0.181. The van der Waals surface area contributed by atoms with Crippen LogP contribution in [0, 0.1) is 0 Å². The van der Waals surface area contributed by atoms with Crippen LogP contribution in [0.2, 0.25) is 0 Å². The van der Waals surface area contributed by atoms with Crippen molar-refractivity contribution >= 4 is 28.2 Å². The van der Waals surface area contributed by atoms with Crippen LogP contribution in [-0.2, 0) is 14.3 Å². The van der Waals surface area contributed by atoms with E-state index >= 15 is 0 Å². The lowest BCUT2D eigenvalue weighted by Gasteiger charge is -2.05. The molecule has 0 aliphatic rings. The van der Waals surface area contributed by atoms with Gasteiger partial charge < -0.3 is 14.8 Å². The van der Waals surface area contributed by atoms with E-state index < -0.39 is 5.97 Å². The maximum atomic E-state index is 11.5. The molecule has 0 aliphatic heterocycles. The summed E-state index contributed by atoms with van der Waals surface area (Å²) in [6.07, 6.45) is 0.261. The van der Waals surface area contributed by atoms with Gasteiger partial charge in [0.2, 0.25) is 5.91 Å². The van der Waals surface area contributed by atoms with Gasteiger partial charge in [0.25, 0.3) is 0 Å². The fourth-order valence-corrected chi connectivity index (χ4v) is 1.95. The molecule has 94 valence electrons. The van der Waals surface area contributed by atoms with Gasteiger partial charge in [-0.25, -0.2) is 4.79 Å². The summed E-state index contributed by atoms with van der Waals surface area (Å²) in [5.41, 5.74) is 0.391. The van der Waals surface area contributed by atoms with Crippen LogP contribution in [0.15, 0.2) is 11.4 Å². The van der Waals surface area contributed by atoms with Crippen LogP contribution >= 0.6 is 11.3 Å². The zero-order chi connectivity index (χ0) is 12.7. The Kier molecular flexibility index (Phi) is 5.65. The molecule has 1 aromatic heterocycles. The number of hydrogen-bond donors (Lipinski definition) is 1. The molecule has 1 heterocycles. The van der Waals surface area contributed by atoms with Crippen LogP contribution in [0.5, 0.6) is 0 Å². The number of esters is 1. The number of rotatable bonds is 6. The summed E-state index contributed by atoms with van der Waals surface area (Å²) < 4.78 is 9.68. The standard InChI is InChI=1S/C11H15NO4S/c1-3-16-11(14)8-5-7-17-10(8)12-9(13)4-6-15-2/h5,7H,3-4,6H2,1-2H3,(H,12,13). The highest BCUT2D eigenvalue weighted by molar-refractivity contribution is 7.14. The Bertz CT molecular complexity index is 389. The van der Waals surface area contributed by atoms with Gasteiger partial charge in [0.05, 0.1) is 25.2 Å². The lowest BCUT2D eigenvalue weighted by Crippen LogP contribution is -2.15. The van der Waals surface area contributed by atoms with E-state index in [4.69, 9.17) is 9.47 Å². The summed E-state index contributed by atoms with van der Waals surface area (Å²) in [6, 6.07) is 1.63. The lowest BCUT2D eigenvalue weighted by atomic mass is 10.3. The molecule has 0 bridgehead atoms. The summed E-state index contributed by atoms with van der Waals surface area (Å²) in [5, 5.41) is 4.92. The number of methoxy groups -OCH3 is 1. The van der Waals surface area contributed by atoms with Crippen LogP contribution in [0.1, 0.15) is 23.7 Å². The number of carbonyl (C=O) groups excluding carboxylic acids is 2. The highest BCUT2D eigenvalue weighted by Gasteiger charge is 2.15. The van der Waals surface area contributed by atoms with Crippen molar-refractivity contribution in [2.24, 2.45) is 0 Å². The van der Waals surface area contributed by atoms with Crippen LogP contribution in [-0.4, -0.2) is 32.2 Å². The Balaban J connectivity index is 2.62. The first-order chi connectivity index (χ1) is 8.19. The molecular weight excluding hydrogens is 242 g/mol. The van der Waals surface area contributed by atoms with Gasteiger partial charge in [-0.3, -0.25) is 4.79 Å². The van der Waals surface area contributed by atoms with Crippen molar-refractivity contribution in [1.82, 2.24) is 0 Å². The number of amides is 1. The van der Waals surface area contributed by atoms with Gasteiger partial charge in [0, 0.05) is 7.11 Å². The lowest BCUT2D eigenvalue weighted by molar-refractivity contribution is -0.117. The van der Waals surface area contributed by atoms with Gasteiger partial charge in [-0.1, -0.05) is 0 Å². The van der Waals surface area contributed by atoms with Crippen molar-refractivity contribution in [3.63, 3.8) is 0 Å². The Morgan fingerprint density at radius 2 is 2.24 bits per heavy atom. The molecule has 6 heteroatoms. The summed E-state index contributed by atoms with van der Waals surface area (Å²) in [4.78, 5) is 23.0. The normalized spacial score (nSPS) is 10.0. The predicted molar refractivity (Wildman–Crippen MR) is 65.4 cm³/mol. The predicted octanol–water partition coefficient (Wildman–Crippen LogP) is 1.90. The van der Waals surface area contributed by atoms with Crippen molar-refractivity contribution in [2.45, 2.75) is 13.3 Å². The second-order valence-electron chi connectivity index (χ2n) is 3.17. The van der Waals surface area contributed by atoms with E-state index in [1.807, 2.05) is 0 Å². The van der Waals surface area contributed by atoms with Gasteiger partial charge in [0.1, 0.15) is 5.00 Å². The Morgan fingerprint density at radius 1 is 1.47 bits per heavy atom. The van der Waals surface area contributed by atoms with Crippen molar-refractivity contribution in [3.05, 3.63) is 17.0 Å². The first kappa shape index (κ1) is 13.7. The van der Waals surface area contributed by atoms with Crippen LogP contribution in [0.3, 0.4) is 0 Å². The number of thiophene rings is 1. The summed E-state index contributed by atoms with van der Waals surface area (Å²) in [7, 11) is 1.53. The van der Waals surface area contributed by atoms with E-state index in [1.54, 1.807) is 18.4 Å². The molecule has 0 aromatic carbocycles. The zero-order valence-corrected chi connectivity index (χ0v) is 10.6. The molecule has 0 saturated heterocycles. The van der Waals surface area contributed by atoms with Gasteiger partial charge >= 0.3 is 5.97 Å². The summed E-state index contributed by atoms with van der Waals surface area (Å²) >= 11 is 1.29. The number of anilines is 1. The molecule has 0 saturated carbocycles. The van der Waals surface area contributed by atoms with Crippen LogP contribution in [0.25, 0.3) is 0 Å². The second kappa shape index (κ2) is 7.03. The Hall–Kier alpha value is -1.40. The van der Waals surface area contributed by atoms with E-state index in [1.165, 1.54) is 18.4 Å². The maximum Gasteiger partial charge on any atom is 0.341 e. The third-order valence-electron chi connectivity index (χ3n) is 1.95. The van der Waals surface area contributed by atoms with Gasteiger partial charge in [0.15, 0.2) is 0 Å². The second-order valence-corrected chi connectivity index (χ2v) is 4.09. The van der Waals surface area contributed by atoms with Gasteiger partial charge in [-0.2, -0.15) is 0 Å². The third kappa shape index (κ3) is 4.16. The molecule has 0 unspecified atom stereocenters. The number of nitrogens with one attached hydrogen (secondary N) is 1. The quantitative estimate of drug-likeness (QED) is 0.790. The Labute approximate surface area is 104 Å². The van der Waals surface area contributed by atoms with Gasteiger partial charge in [-0.15, -0.1) is 11.3 Å². The molecule has 0 spiro atoms. The highest BCUT2D eigenvalue weighted by Crippen LogP contribution is 2.24. The van der Waals surface area contributed by atoms with E-state index in [0.717, 1.165) is 0 Å². The smallest absolute Gasteiger partial charge is 0.341 e. The molecule has 1 amide bonds. The molecule has 0 aliphatic carbocycles. The Morgan fingerprint density at radius 3 is 2.88 bits per heavy atom. The number of carbonyl (C=O) groups is 2. The fourth-order valence-electron chi connectivity index (χ4n) is 1.16. The number of hydrogen-bond acceptors (Lipinski definition) is 5. The van der Waals surface area contributed by atoms with Crippen LogP contribution in [0.4, 0.5) is 5.00 Å². The zero-order valence-electron chi connectivity index (χ0n) is 9.82. The maximum absolute atomic E-state index is 11.5. The topological polar surface area (TPSA) is 64.6 Å². The van der Waals surface area contributed by atoms with E-state index in [9.17, 15) is 9.59 Å². The van der Waals surface area contributed by atoms with E-state index in [2.05, 4.69) is 5.32 Å². The summed E-state index contributed by atoms with van der Waals surface area (Å²) in [6.45, 7) is 2.40. The van der Waals surface area contributed by atoms with Crippen molar-refractivity contribution in [3.8, 4) is 0 Å². The SMILES string of the molecule is CCOC(=O)c1ccsc1NC(=O)CCOC. The summed E-state index contributed by atoms with van der Waals surface area (Å²) in [5.74, 6) is -0.601. The monoisotopic (exact) mass is 257 g/mol. The highest BCUT2D eigenvalue weighted by atomic mass is 32.1. The van der Waals surface area contributed by atoms with Gasteiger partial charge in [-0.05, 0) is 18.4 Å². The molecule has 0 fully saturated rings. The van der Waals surface area contributed by atoms with E-state index in [0.29, 0.717) is 23.8 Å². The van der Waals surface area contributed by atoms with Crippen molar-refractivity contribution in [1.29, 1.82) is 0 Å². The molecule has 1 aromatic rings. The third-order valence-corrected chi connectivity index (χ3v) is 2.78. The minimum Gasteiger partial charge on any atom is -0.462 e. The number of ether oxygens (including phenoxy) is 2. The van der Waals surface area contributed by atoms with E-state index in [-0.39, 0.29) is 12.3 Å². The first-order valence-corrected chi connectivity index (χ1v) is 6.10. The van der Waals surface area contributed by atoms with Crippen LogP contribution < -0.4 is 5.32 Å². The average Bonchev–Trinajstić information content (AvgIpc) is 2.75. The fraction of sp³-hybridized carbons (Fsp3) is 0.455. The molecule has 0 radical (unpaired) electrons. The molecule has 1 rings (SSSR count).